The Bertz CT molecular complexity index is 446. The van der Waals surface area contributed by atoms with Gasteiger partial charge >= 0.3 is 5.00 Å². The predicted molar refractivity (Wildman–Crippen MR) is 48.6 cm³/mol. The van der Waals surface area contributed by atoms with Crippen molar-refractivity contribution in [1.29, 1.82) is 0 Å². The molecule has 0 saturated heterocycles. The average molecular weight is 201 g/mol. The number of thiophene rings is 1. The van der Waals surface area contributed by atoms with Gasteiger partial charge in [0.05, 0.1) is 10.3 Å². The first-order valence-corrected chi connectivity index (χ1v) is 4.56. The average Bonchev–Trinajstić information content (AvgIpc) is 2.53. The molecule has 12 heavy (non-hydrogen) atoms. The lowest BCUT2D eigenvalue weighted by Gasteiger charge is -1.79. The molecule has 2 aromatic rings. The van der Waals surface area contributed by atoms with Gasteiger partial charge in [-0.25, -0.2) is 0 Å². The lowest BCUT2D eigenvalue weighted by Crippen LogP contribution is -1.81. The van der Waals surface area contributed by atoms with E-state index in [2.05, 4.69) is 4.37 Å². The van der Waals surface area contributed by atoms with Gasteiger partial charge in [-0.15, -0.1) is 0 Å². The van der Waals surface area contributed by atoms with Crippen molar-refractivity contribution in [2.45, 2.75) is 0 Å². The van der Waals surface area contributed by atoms with Crippen LogP contribution in [0.5, 0.6) is 0 Å². The molecule has 2 heterocycles. The molecule has 0 aromatic carbocycles. The van der Waals surface area contributed by atoms with E-state index in [1.807, 2.05) is 0 Å². The van der Waals surface area contributed by atoms with E-state index in [4.69, 9.17) is 5.73 Å². The van der Waals surface area contributed by atoms with Gasteiger partial charge in [0, 0.05) is 6.07 Å². The third kappa shape index (κ3) is 0.942. The molecule has 0 aliphatic carbocycles. The van der Waals surface area contributed by atoms with E-state index in [1.54, 1.807) is 0 Å². The van der Waals surface area contributed by atoms with Crippen LogP contribution in [-0.2, 0) is 0 Å². The highest BCUT2D eigenvalue weighted by atomic mass is 32.1. The van der Waals surface area contributed by atoms with Crippen LogP contribution in [0.25, 0.3) is 10.2 Å². The van der Waals surface area contributed by atoms with Gasteiger partial charge in [-0.1, -0.05) is 0 Å². The first-order valence-electron chi connectivity index (χ1n) is 2.97. The normalized spacial score (nSPS) is 10.7. The molecule has 0 bridgehead atoms. The molecule has 0 aliphatic heterocycles. The van der Waals surface area contributed by atoms with Crippen molar-refractivity contribution in [3.05, 3.63) is 16.2 Å². The largest absolute Gasteiger partial charge is 0.389 e. The maximum Gasteiger partial charge on any atom is 0.326 e. The highest BCUT2D eigenvalue weighted by Crippen LogP contribution is 2.35. The molecular weight excluding hydrogens is 198 g/mol. The molecule has 2 aromatic heterocycles. The molecule has 0 atom stereocenters. The summed E-state index contributed by atoms with van der Waals surface area (Å²) in [6.07, 6.45) is 0. The van der Waals surface area contributed by atoms with Gasteiger partial charge < -0.3 is 5.73 Å². The number of rotatable bonds is 1. The lowest BCUT2D eigenvalue weighted by atomic mass is 10.4. The van der Waals surface area contributed by atoms with E-state index in [1.165, 1.54) is 6.07 Å². The maximum atomic E-state index is 10.3. The fourth-order valence-corrected chi connectivity index (χ4v) is 2.43. The molecule has 0 aliphatic rings. The Morgan fingerprint density at radius 2 is 2.42 bits per heavy atom. The van der Waals surface area contributed by atoms with Gasteiger partial charge in [-0.05, 0) is 22.9 Å². The Morgan fingerprint density at radius 1 is 1.67 bits per heavy atom. The van der Waals surface area contributed by atoms with E-state index in [-0.39, 0.29) is 5.00 Å². The van der Waals surface area contributed by atoms with Crippen molar-refractivity contribution in [2.24, 2.45) is 0 Å². The van der Waals surface area contributed by atoms with Crippen molar-refractivity contribution < 1.29 is 4.92 Å². The number of hydrogen-bond donors (Lipinski definition) is 1. The summed E-state index contributed by atoms with van der Waals surface area (Å²) in [5.41, 5.74) is 5.53. The number of aromatic nitrogens is 1. The Kier molecular flexibility index (Phi) is 1.48. The van der Waals surface area contributed by atoms with Gasteiger partial charge in [0.15, 0.2) is 0 Å². The number of nitro groups is 1. The second-order valence-corrected chi connectivity index (χ2v) is 3.92. The van der Waals surface area contributed by atoms with Crippen LogP contribution in [0.2, 0.25) is 0 Å². The fourth-order valence-electron chi connectivity index (χ4n) is 0.843. The van der Waals surface area contributed by atoms with Crippen LogP contribution in [-0.4, -0.2) is 9.30 Å². The van der Waals surface area contributed by atoms with Crippen LogP contribution >= 0.6 is 22.9 Å². The van der Waals surface area contributed by atoms with E-state index < -0.39 is 4.92 Å². The molecule has 0 amide bonds. The molecule has 2 N–H and O–H groups in total. The number of hydrogen-bond acceptors (Lipinski definition) is 6. The molecule has 62 valence electrons. The van der Waals surface area contributed by atoms with Gasteiger partial charge in [0.2, 0.25) is 0 Å². The molecular formula is C5H3N3O2S2. The van der Waals surface area contributed by atoms with E-state index in [9.17, 15) is 10.1 Å². The number of anilines is 1. The Morgan fingerprint density at radius 3 is 3.00 bits per heavy atom. The number of fused-ring (bicyclic) bond motifs is 1. The zero-order valence-corrected chi connectivity index (χ0v) is 7.32. The van der Waals surface area contributed by atoms with Crippen molar-refractivity contribution in [2.75, 3.05) is 5.73 Å². The number of nitrogens with two attached hydrogens (primary N) is 1. The minimum atomic E-state index is -0.434. The van der Waals surface area contributed by atoms with Crippen molar-refractivity contribution in [3.8, 4) is 0 Å². The fraction of sp³-hybridized carbons (Fsp3) is 0. The van der Waals surface area contributed by atoms with Crippen molar-refractivity contribution in [1.82, 2.24) is 4.37 Å². The Hall–Kier alpha value is -1.21. The molecule has 2 rings (SSSR count). The van der Waals surface area contributed by atoms with Gasteiger partial charge in [0.25, 0.3) is 0 Å². The van der Waals surface area contributed by atoms with Crippen LogP contribution in [0.15, 0.2) is 6.07 Å². The number of nitrogen functional groups attached to an aromatic ring is 1. The second-order valence-electron chi connectivity index (χ2n) is 2.11. The van der Waals surface area contributed by atoms with Crippen molar-refractivity contribution >= 4 is 43.1 Å². The first-order chi connectivity index (χ1) is 5.68. The standard InChI is InChI=1S/C5H3N3O2S2/c6-4-2-1-3(8(9)10)11-5(2)7-12-4/h1H,6H2. The SMILES string of the molecule is Nc1snc2sc([N+](=O)[O-])cc12. The molecule has 0 unspecified atom stereocenters. The summed E-state index contributed by atoms with van der Waals surface area (Å²) < 4.78 is 3.95. The van der Waals surface area contributed by atoms with Crippen LogP contribution in [0, 0.1) is 10.1 Å². The van der Waals surface area contributed by atoms with Gasteiger partial charge in [0.1, 0.15) is 9.83 Å². The monoisotopic (exact) mass is 201 g/mol. The summed E-state index contributed by atoms with van der Waals surface area (Å²) in [6, 6.07) is 1.46. The molecule has 7 heteroatoms. The zero-order valence-electron chi connectivity index (χ0n) is 5.68. The predicted octanol–water partition coefficient (Wildman–Crippen LogP) is 1.85. The third-order valence-electron chi connectivity index (χ3n) is 1.37. The molecule has 0 spiro atoms. The summed E-state index contributed by atoms with van der Waals surface area (Å²) in [4.78, 5) is 10.5. The topological polar surface area (TPSA) is 82.0 Å². The van der Waals surface area contributed by atoms with Gasteiger partial charge in [-0.3, -0.25) is 10.1 Å². The van der Waals surface area contributed by atoms with Crippen molar-refractivity contribution in [3.63, 3.8) is 0 Å². The Balaban J connectivity index is 2.70. The summed E-state index contributed by atoms with van der Waals surface area (Å²) in [7, 11) is 0. The van der Waals surface area contributed by atoms with Gasteiger partial charge in [-0.2, -0.15) is 4.37 Å². The lowest BCUT2D eigenvalue weighted by molar-refractivity contribution is -0.380. The smallest absolute Gasteiger partial charge is 0.326 e. The quantitative estimate of drug-likeness (QED) is 0.563. The molecule has 5 nitrogen and oxygen atoms in total. The van der Waals surface area contributed by atoms with E-state index >= 15 is 0 Å². The van der Waals surface area contributed by atoms with E-state index in [0.29, 0.717) is 15.2 Å². The maximum absolute atomic E-state index is 10.3. The second kappa shape index (κ2) is 2.39. The number of nitrogens with zero attached hydrogens (tertiary/aromatic N) is 2. The molecule has 0 radical (unpaired) electrons. The van der Waals surface area contributed by atoms with Crippen LogP contribution in [0.3, 0.4) is 0 Å². The van der Waals surface area contributed by atoms with E-state index in [0.717, 1.165) is 22.9 Å². The third-order valence-corrected chi connectivity index (χ3v) is 3.16. The summed E-state index contributed by atoms with van der Waals surface area (Å²) in [5.74, 6) is 0. The highest BCUT2D eigenvalue weighted by molar-refractivity contribution is 7.24. The van der Waals surface area contributed by atoms with Crippen LogP contribution in [0.1, 0.15) is 0 Å². The zero-order chi connectivity index (χ0) is 8.72. The summed E-state index contributed by atoms with van der Waals surface area (Å²) in [5, 5.41) is 11.6. The molecule has 0 saturated carbocycles. The van der Waals surface area contributed by atoms with Crippen LogP contribution < -0.4 is 5.73 Å². The van der Waals surface area contributed by atoms with Crippen LogP contribution in [0.4, 0.5) is 10.0 Å². The summed E-state index contributed by atoms with van der Waals surface area (Å²) in [6.45, 7) is 0. The highest BCUT2D eigenvalue weighted by Gasteiger charge is 2.15. The first kappa shape index (κ1) is 7.44. The Labute approximate surface area is 74.7 Å². The minimum absolute atomic E-state index is 0.0898. The summed E-state index contributed by atoms with van der Waals surface area (Å²) >= 11 is 2.21. The molecule has 0 fully saturated rings. The minimum Gasteiger partial charge on any atom is -0.389 e.